The zero-order valence-electron chi connectivity index (χ0n) is 9.60. The Morgan fingerprint density at radius 2 is 1.88 bits per heavy atom. The summed E-state index contributed by atoms with van der Waals surface area (Å²) in [6.45, 7) is 5.72. The minimum absolute atomic E-state index is 0.119. The molecule has 0 radical (unpaired) electrons. The molecule has 0 bridgehead atoms. The van der Waals surface area contributed by atoms with Gasteiger partial charge in [-0.1, -0.05) is 17.7 Å². The van der Waals surface area contributed by atoms with Crippen LogP contribution in [0.25, 0.3) is 0 Å². The molecule has 0 spiro atoms. The Bertz CT molecular complexity index is 474. The molecule has 1 rings (SSSR count). The molecule has 0 aliphatic heterocycles. The second kappa shape index (κ2) is 4.80. The van der Waals surface area contributed by atoms with Crippen molar-refractivity contribution < 1.29 is 8.42 Å². The molecule has 16 heavy (non-hydrogen) atoms. The van der Waals surface area contributed by atoms with Crippen molar-refractivity contribution in [1.82, 2.24) is 0 Å². The Kier molecular flexibility index (Phi) is 3.88. The molecule has 0 saturated heterocycles. The molecule has 88 valence electrons. The smallest absolute Gasteiger partial charge is 0.175 e. The maximum absolute atomic E-state index is 11.2. The molecule has 0 saturated carbocycles. The number of benzene rings is 1. The zero-order chi connectivity index (χ0) is 12.3. The normalized spacial score (nSPS) is 13.4. The van der Waals surface area contributed by atoms with Gasteiger partial charge in [-0.25, -0.2) is 8.42 Å². The first-order chi connectivity index (χ1) is 7.30. The van der Waals surface area contributed by atoms with E-state index in [1.807, 2.05) is 6.92 Å². The predicted molar refractivity (Wildman–Crippen MR) is 65.9 cm³/mol. The van der Waals surface area contributed by atoms with Gasteiger partial charge in [0.1, 0.15) is 0 Å². The number of rotatable bonds is 4. The van der Waals surface area contributed by atoms with Gasteiger partial charge in [-0.15, -0.1) is 6.58 Å². The lowest BCUT2D eigenvalue weighted by molar-refractivity contribution is 0.601. The van der Waals surface area contributed by atoms with E-state index in [0.717, 1.165) is 11.1 Å². The third-order valence-electron chi connectivity index (χ3n) is 2.30. The van der Waals surface area contributed by atoms with Crippen LogP contribution in [0.2, 0.25) is 0 Å². The van der Waals surface area contributed by atoms with E-state index in [-0.39, 0.29) is 6.04 Å². The Balaban J connectivity index is 2.91. The molecule has 3 nitrogen and oxygen atoms in total. The molecule has 0 aliphatic rings. The predicted octanol–water partition coefficient (Wildman–Crippen LogP) is 2.06. The average molecular weight is 239 g/mol. The quantitative estimate of drug-likeness (QED) is 0.818. The highest BCUT2D eigenvalue weighted by molar-refractivity contribution is 7.90. The van der Waals surface area contributed by atoms with Crippen molar-refractivity contribution in [3.63, 3.8) is 0 Å². The fourth-order valence-corrected chi connectivity index (χ4v) is 2.09. The van der Waals surface area contributed by atoms with E-state index in [2.05, 4.69) is 6.58 Å². The first-order valence-electron chi connectivity index (χ1n) is 5.00. The van der Waals surface area contributed by atoms with E-state index in [0.29, 0.717) is 11.3 Å². The van der Waals surface area contributed by atoms with Gasteiger partial charge in [-0.2, -0.15) is 0 Å². The average Bonchev–Trinajstić information content (AvgIpc) is 2.15. The molecule has 0 unspecified atom stereocenters. The van der Waals surface area contributed by atoms with Crippen molar-refractivity contribution in [3.05, 3.63) is 42.0 Å². The molecule has 1 aromatic rings. The van der Waals surface area contributed by atoms with E-state index >= 15 is 0 Å². The van der Waals surface area contributed by atoms with Gasteiger partial charge in [0, 0.05) is 12.3 Å². The van der Waals surface area contributed by atoms with Gasteiger partial charge in [0.2, 0.25) is 0 Å². The minimum atomic E-state index is -3.13. The summed E-state index contributed by atoms with van der Waals surface area (Å²) in [5.41, 5.74) is 7.88. The fraction of sp³-hybridized carbons (Fsp3) is 0.333. The lowest BCUT2D eigenvalue weighted by Gasteiger charge is -2.12. The van der Waals surface area contributed by atoms with Crippen molar-refractivity contribution in [2.24, 2.45) is 5.73 Å². The zero-order valence-corrected chi connectivity index (χ0v) is 10.4. The van der Waals surface area contributed by atoms with Gasteiger partial charge in [0.05, 0.1) is 4.90 Å². The number of sulfone groups is 1. The summed E-state index contributed by atoms with van der Waals surface area (Å²) in [6.07, 6.45) is 1.90. The Hall–Kier alpha value is -1.13. The highest BCUT2D eigenvalue weighted by Gasteiger charge is 2.09. The molecule has 4 heteroatoms. The summed E-state index contributed by atoms with van der Waals surface area (Å²) in [6, 6.07) is 6.56. The SMILES string of the molecule is C=C(C)C[C@@H](N)c1ccc(S(C)(=O)=O)cc1. The topological polar surface area (TPSA) is 60.2 Å². The Labute approximate surface area is 96.9 Å². The van der Waals surface area contributed by atoms with Crippen LogP contribution in [0, 0.1) is 0 Å². The molecule has 1 aromatic carbocycles. The molecular formula is C12H17NO2S. The molecule has 0 aromatic heterocycles. The highest BCUT2D eigenvalue weighted by Crippen LogP contribution is 2.19. The third-order valence-corrected chi connectivity index (χ3v) is 3.43. The lowest BCUT2D eigenvalue weighted by Crippen LogP contribution is -2.10. The van der Waals surface area contributed by atoms with Crippen LogP contribution in [-0.2, 0) is 9.84 Å². The third kappa shape index (κ3) is 3.47. The molecule has 1 atom stereocenters. The van der Waals surface area contributed by atoms with Gasteiger partial charge < -0.3 is 5.73 Å². The summed E-state index contributed by atoms with van der Waals surface area (Å²) in [5, 5.41) is 0. The summed E-state index contributed by atoms with van der Waals surface area (Å²) in [7, 11) is -3.13. The number of hydrogen-bond acceptors (Lipinski definition) is 3. The molecule has 0 fully saturated rings. The minimum Gasteiger partial charge on any atom is -0.324 e. The fourth-order valence-electron chi connectivity index (χ4n) is 1.46. The Morgan fingerprint density at radius 3 is 2.25 bits per heavy atom. The van der Waals surface area contributed by atoms with E-state index in [9.17, 15) is 8.42 Å². The van der Waals surface area contributed by atoms with Crippen molar-refractivity contribution in [2.45, 2.75) is 24.3 Å². The van der Waals surface area contributed by atoms with Gasteiger partial charge in [0.15, 0.2) is 9.84 Å². The second-order valence-corrected chi connectivity index (χ2v) is 6.12. The molecule has 0 heterocycles. The van der Waals surface area contributed by atoms with Crippen molar-refractivity contribution >= 4 is 9.84 Å². The highest BCUT2D eigenvalue weighted by atomic mass is 32.2. The van der Waals surface area contributed by atoms with E-state index in [1.165, 1.54) is 6.26 Å². The van der Waals surface area contributed by atoms with E-state index in [4.69, 9.17) is 5.73 Å². The van der Waals surface area contributed by atoms with Crippen molar-refractivity contribution in [2.75, 3.05) is 6.26 Å². The number of hydrogen-bond donors (Lipinski definition) is 1. The summed E-state index contributed by atoms with van der Waals surface area (Å²) in [4.78, 5) is 0.318. The van der Waals surface area contributed by atoms with Crippen molar-refractivity contribution in [3.8, 4) is 0 Å². The molecule has 2 N–H and O–H groups in total. The summed E-state index contributed by atoms with van der Waals surface area (Å²) < 4.78 is 22.5. The van der Waals surface area contributed by atoms with Gasteiger partial charge in [-0.05, 0) is 31.0 Å². The van der Waals surface area contributed by atoms with Crippen LogP contribution in [0.1, 0.15) is 24.9 Å². The van der Waals surface area contributed by atoms with Crippen LogP contribution < -0.4 is 5.73 Å². The van der Waals surface area contributed by atoms with Crippen LogP contribution in [0.4, 0.5) is 0 Å². The maximum Gasteiger partial charge on any atom is 0.175 e. The maximum atomic E-state index is 11.2. The number of nitrogens with two attached hydrogens (primary N) is 1. The standard InChI is InChI=1S/C12H17NO2S/c1-9(2)8-12(13)10-4-6-11(7-5-10)16(3,14)15/h4-7,12H,1,8,13H2,2-3H3/t12-/m1/s1. The summed E-state index contributed by atoms with van der Waals surface area (Å²) in [5.74, 6) is 0. The Morgan fingerprint density at radius 1 is 1.38 bits per heavy atom. The second-order valence-electron chi connectivity index (χ2n) is 4.11. The van der Waals surface area contributed by atoms with Crippen molar-refractivity contribution in [1.29, 1.82) is 0 Å². The first-order valence-corrected chi connectivity index (χ1v) is 6.90. The van der Waals surface area contributed by atoms with Crippen LogP contribution in [0.15, 0.2) is 41.3 Å². The van der Waals surface area contributed by atoms with Gasteiger partial charge in [0.25, 0.3) is 0 Å². The largest absolute Gasteiger partial charge is 0.324 e. The van der Waals surface area contributed by atoms with Crippen LogP contribution in [0.3, 0.4) is 0 Å². The summed E-state index contributed by atoms with van der Waals surface area (Å²) >= 11 is 0. The molecular weight excluding hydrogens is 222 g/mol. The molecule has 0 aliphatic carbocycles. The van der Waals surface area contributed by atoms with Crippen LogP contribution in [-0.4, -0.2) is 14.7 Å². The lowest BCUT2D eigenvalue weighted by atomic mass is 10.0. The monoisotopic (exact) mass is 239 g/mol. The van der Waals surface area contributed by atoms with Gasteiger partial charge in [-0.3, -0.25) is 0 Å². The molecule has 0 amide bonds. The van der Waals surface area contributed by atoms with E-state index < -0.39 is 9.84 Å². The van der Waals surface area contributed by atoms with Crippen LogP contribution >= 0.6 is 0 Å². The van der Waals surface area contributed by atoms with Gasteiger partial charge >= 0.3 is 0 Å². The first kappa shape index (κ1) is 12.9. The van der Waals surface area contributed by atoms with E-state index in [1.54, 1.807) is 24.3 Å². The van der Waals surface area contributed by atoms with Crippen LogP contribution in [0.5, 0.6) is 0 Å².